The van der Waals surface area contributed by atoms with E-state index in [1.54, 1.807) is 0 Å². The van der Waals surface area contributed by atoms with Crippen LogP contribution in [-0.2, 0) is 0 Å². The van der Waals surface area contributed by atoms with E-state index in [0.717, 1.165) is 13.0 Å². The summed E-state index contributed by atoms with van der Waals surface area (Å²) in [7, 11) is 0. The van der Waals surface area contributed by atoms with Crippen LogP contribution in [0, 0.1) is 17.3 Å². The Labute approximate surface area is 343 Å². The first-order valence-corrected chi connectivity index (χ1v) is 24.1. The number of hydrogen-bond acceptors (Lipinski definition) is 2. The number of anilines is 1. The van der Waals surface area contributed by atoms with E-state index in [1.165, 1.54) is 70.1 Å². The van der Waals surface area contributed by atoms with Gasteiger partial charge in [-0.15, -0.1) is 0 Å². The van der Waals surface area contributed by atoms with E-state index in [-0.39, 0.29) is 26.6 Å². The second kappa shape index (κ2) is 16.5. The first kappa shape index (κ1) is 39.1. The van der Waals surface area contributed by atoms with Crippen molar-refractivity contribution in [2.75, 3.05) is 16.4 Å². The van der Waals surface area contributed by atoms with Gasteiger partial charge in [-0.3, -0.25) is 0 Å². The van der Waals surface area contributed by atoms with Crippen LogP contribution in [0.25, 0.3) is 58.8 Å². The van der Waals surface area contributed by atoms with Crippen molar-refractivity contribution in [3.63, 3.8) is 0 Å². The molecule has 0 saturated carbocycles. The van der Waals surface area contributed by atoms with Crippen molar-refractivity contribution in [3.05, 3.63) is 146 Å². The van der Waals surface area contributed by atoms with E-state index >= 15 is 0 Å². The Morgan fingerprint density at radius 3 is 2.18 bits per heavy atom. The molecule has 0 radical (unpaired) electrons. The molecule has 0 aliphatic heterocycles. The topological polar surface area (TPSA) is 8.17 Å². The molecule has 0 fully saturated rings. The first-order chi connectivity index (χ1) is 26.6. The molecule has 0 aliphatic carbocycles. The summed E-state index contributed by atoms with van der Waals surface area (Å²) in [6, 6.07) is 40.9. The number of thiophene rings is 1. The molecule has 0 spiro atoms. The number of benzene rings is 5. The van der Waals surface area contributed by atoms with Crippen molar-refractivity contribution in [2.45, 2.75) is 64.9 Å². The van der Waals surface area contributed by atoms with Gasteiger partial charge in [-0.2, -0.15) is 0 Å². The molecule has 0 amide bonds. The predicted molar refractivity (Wildman–Crippen MR) is 241 cm³/mol. The van der Waals surface area contributed by atoms with Gasteiger partial charge in [0.2, 0.25) is 0 Å². The molecule has 2 nitrogen and oxygen atoms in total. The van der Waals surface area contributed by atoms with Crippen molar-refractivity contribution in [2.24, 2.45) is 17.3 Å². The normalized spacial score (nSPS) is 14.8. The molecule has 4 atom stereocenters. The van der Waals surface area contributed by atoms with Crippen LogP contribution in [-0.4, -0.2) is 26.0 Å². The van der Waals surface area contributed by atoms with Gasteiger partial charge in [-0.05, 0) is 24.3 Å². The molecule has 0 aliphatic rings. The predicted octanol–water partition coefficient (Wildman–Crippen LogP) is 11.5. The zero-order chi connectivity index (χ0) is 38.9. The van der Waals surface area contributed by atoms with Gasteiger partial charge in [0.1, 0.15) is 0 Å². The molecule has 0 bridgehead atoms. The minimum absolute atomic E-state index is 0.0256. The zero-order valence-corrected chi connectivity index (χ0v) is 36.8. The van der Waals surface area contributed by atoms with Crippen LogP contribution in [0.3, 0.4) is 0 Å². The Bertz CT molecular complexity index is 2500. The van der Waals surface area contributed by atoms with Gasteiger partial charge in [-0.25, -0.2) is 0 Å². The average molecular weight is 856 g/mol. The molecule has 2 unspecified atom stereocenters. The van der Waals surface area contributed by atoms with E-state index in [4.69, 9.17) is 0 Å². The number of fused-ring (bicyclic) bond motifs is 7. The third-order valence-corrected chi connectivity index (χ3v) is 16.8. The third-order valence-electron chi connectivity index (χ3n) is 12.2. The van der Waals surface area contributed by atoms with Gasteiger partial charge in [-0.1, -0.05) is 48.5 Å². The monoisotopic (exact) mass is 855 g/mol. The standard InChI is InChI=1S/C51H56IN2S/c1-10-11-19-35(4)36(5)37(6)53(33-18-26-47(52-9)51(7,8)34(2)3)39-29-27-38(28-30-39)41-23-17-24-42-43-31-32-46-48(50(43)55-49(41)42)44-22-15-16-25-45(44)54(46)40-20-13-12-14-21-40/h11-32,35-37,47H,2,10,33H2,1,3-9H3/q-1/b19-11-,26-18-/t35?,36-,37+,47?/m1/s1. The number of alkyl halides is 2. The van der Waals surface area contributed by atoms with Crippen LogP contribution in [0.5, 0.6) is 0 Å². The fourth-order valence-electron chi connectivity index (χ4n) is 8.09. The van der Waals surface area contributed by atoms with E-state index in [0.29, 0.717) is 21.8 Å². The van der Waals surface area contributed by atoms with Gasteiger partial charge in [0.15, 0.2) is 0 Å². The SMILES string of the molecule is C=C(C)C(C)(C)C(/C=C\CN(c1ccc(-c2cccc3c2sc2c3ccc3c2c2ccccc2n3-c2ccccc2)cc1)[C@@H](C)[C@H](C)C(C)/C=C\CC)[I-]C. The summed E-state index contributed by atoms with van der Waals surface area (Å²) in [5, 5.41) is 5.30. The van der Waals surface area contributed by atoms with Crippen LogP contribution in [0.1, 0.15) is 54.9 Å². The number of para-hydroxylation sites is 2. The van der Waals surface area contributed by atoms with Crippen LogP contribution < -0.4 is 26.1 Å². The molecule has 0 N–H and O–H groups in total. The molecule has 5 aromatic carbocycles. The number of allylic oxidation sites excluding steroid dienone is 4. The Hall–Kier alpha value is -4.13. The molecule has 7 rings (SSSR count). The van der Waals surface area contributed by atoms with E-state index < -0.39 is 0 Å². The van der Waals surface area contributed by atoms with E-state index in [9.17, 15) is 0 Å². The zero-order valence-electron chi connectivity index (χ0n) is 33.8. The minimum atomic E-state index is 0.0256. The van der Waals surface area contributed by atoms with Crippen molar-refractivity contribution in [3.8, 4) is 16.8 Å². The number of aromatic nitrogens is 1. The second-order valence-corrected chi connectivity index (χ2v) is 19.5. The van der Waals surface area contributed by atoms with Crippen molar-refractivity contribution >= 4 is 59.0 Å². The Morgan fingerprint density at radius 2 is 1.47 bits per heavy atom. The first-order valence-electron chi connectivity index (χ1n) is 19.8. The van der Waals surface area contributed by atoms with Crippen LogP contribution in [0.2, 0.25) is 0 Å². The summed E-state index contributed by atoms with van der Waals surface area (Å²) < 4.78 is 5.69. The van der Waals surface area contributed by atoms with Crippen molar-refractivity contribution in [1.29, 1.82) is 0 Å². The summed E-state index contributed by atoms with van der Waals surface area (Å²) >= 11 is 1.97. The fraction of sp³-hybridized carbons (Fsp3) is 0.294. The van der Waals surface area contributed by atoms with Crippen molar-refractivity contribution in [1.82, 2.24) is 4.57 Å². The summed E-state index contributed by atoms with van der Waals surface area (Å²) in [4.78, 5) is 5.03. The maximum absolute atomic E-state index is 4.35. The van der Waals surface area contributed by atoms with E-state index in [2.05, 4.69) is 203 Å². The van der Waals surface area contributed by atoms with Gasteiger partial charge in [0, 0.05) is 26.5 Å². The third kappa shape index (κ3) is 7.45. The number of rotatable bonds is 14. The summed E-state index contributed by atoms with van der Waals surface area (Å²) in [5.41, 5.74) is 8.91. The van der Waals surface area contributed by atoms with Gasteiger partial charge < -0.3 is 4.57 Å². The van der Waals surface area contributed by atoms with Crippen LogP contribution in [0.4, 0.5) is 5.69 Å². The Morgan fingerprint density at radius 1 is 0.782 bits per heavy atom. The van der Waals surface area contributed by atoms with Crippen LogP contribution in [0.15, 0.2) is 146 Å². The van der Waals surface area contributed by atoms with E-state index in [1.807, 2.05) is 11.3 Å². The Kier molecular flexibility index (Phi) is 11.8. The molecule has 55 heavy (non-hydrogen) atoms. The summed E-state index contributed by atoms with van der Waals surface area (Å²) in [6.45, 7) is 21.6. The molecule has 284 valence electrons. The average Bonchev–Trinajstić information content (AvgIpc) is 3.76. The van der Waals surface area contributed by atoms with Gasteiger partial charge in [0.05, 0.1) is 11.0 Å². The number of nitrogens with zero attached hydrogens (tertiary/aromatic N) is 2. The molecule has 2 heterocycles. The maximum atomic E-state index is 4.35. The number of hydrogen-bond donors (Lipinski definition) is 0. The number of halogens is 1. The van der Waals surface area contributed by atoms with Gasteiger partial charge >= 0.3 is 231 Å². The molecular weight excluding hydrogens is 800 g/mol. The summed E-state index contributed by atoms with van der Waals surface area (Å²) in [5.74, 6) is 0.991. The fourth-order valence-corrected chi connectivity index (χ4v) is 12.3. The van der Waals surface area contributed by atoms with Crippen molar-refractivity contribution < 1.29 is 21.2 Å². The molecule has 2 aromatic heterocycles. The molecule has 7 aromatic rings. The summed E-state index contributed by atoms with van der Waals surface area (Å²) in [6.07, 6.45) is 10.7. The molecule has 4 heteroatoms. The Balaban J connectivity index is 1.28. The second-order valence-electron chi connectivity index (χ2n) is 15.9. The molecule has 0 saturated heterocycles. The van der Waals surface area contributed by atoms with Crippen LogP contribution >= 0.6 is 11.3 Å². The molecular formula is C51H56IN2S-. The quantitative estimate of drug-likeness (QED) is 0.0601. The van der Waals surface area contributed by atoms with Gasteiger partial charge in [0.25, 0.3) is 0 Å².